The van der Waals surface area contributed by atoms with Gasteiger partial charge < -0.3 is 9.57 Å². The molecule has 1 aliphatic rings. The molecule has 0 aliphatic carbocycles. The van der Waals surface area contributed by atoms with Gasteiger partial charge in [0.2, 0.25) is 0 Å². The van der Waals surface area contributed by atoms with Crippen LogP contribution < -0.4 is 0 Å². The molecule has 1 saturated heterocycles. The van der Waals surface area contributed by atoms with E-state index in [1.165, 1.54) is 5.06 Å². The quantitative estimate of drug-likeness (QED) is 0.703. The minimum atomic E-state index is -0.337. The smallest absolute Gasteiger partial charge is 0.357 e. The average Bonchev–Trinajstić information content (AvgIpc) is 2.72. The maximum absolute atomic E-state index is 11.5. The monoisotopic (exact) mass is 193 g/mol. The summed E-state index contributed by atoms with van der Waals surface area (Å²) in [5.41, 5.74) is 0.555. The summed E-state index contributed by atoms with van der Waals surface area (Å²) in [5, 5.41) is 1.51. The van der Waals surface area contributed by atoms with Crippen LogP contribution in [-0.2, 0) is 9.57 Å². The zero-order valence-electron chi connectivity index (χ0n) is 7.68. The van der Waals surface area contributed by atoms with Crippen molar-refractivity contribution in [3.05, 3.63) is 35.9 Å². The second-order valence-corrected chi connectivity index (χ2v) is 2.99. The van der Waals surface area contributed by atoms with Crippen molar-refractivity contribution in [1.82, 2.24) is 5.06 Å². The van der Waals surface area contributed by atoms with Gasteiger partial charge in [-0.25, -0.2) is 4.79 Å². The van der Waals surface area contributed by atoms with Crippen LogP contribution in [0.4, 0.5) is 0 Å². The third-order valence-electron chi connectivity index (χ3n) is 1.94. The number of carbonyl (C=O) groups excluding carboxylic acids is 1. The fourth-order valence-electron chi connectivity index (χ4n) is 1.21. The topological polar surface area (TPSA) is 38.8 Å². The first-order valence-electron chi connectivity index (χ1n) is 4.46. The first-order valence-corrected chi connectivity index (χ1v) is 4.46. The van der Waals surface area contributed by atoms with Gasteiger partial charge in [-0.15, -0.1) is 5.06 Å². The predicted molar refractivity (Wildman–Crippen MR) is 49.4 cm³/mol. The largest absolute Gasteiger partial charge is 0.361 e. The molecule has 2 rings (SSSR count). The summed E-state index contributed by atoms with van der Waals surface area (Å²) in [4.78, 5) is 16.5. The Balaban J connectivity index is 1.95. The summed E-state index contributed by atoms with van der Waals surface area (Å²) >= 11 is 0. The normalized spacial score (nSPS) is 16.9. The van der Waals surface area contributed by atoms with Crippen molar-refractivity contribution in [2.24, 2.45) is 0 Å². The van der Waals surface area contributed by atoms with Gasteiger partial charge in [-0.3, -0.25) is 0 Å². The van der Waals surface area contributed by atoms with Gasteiger partial charge in [-0.2, -0.15) is 0 Å². The van der Waals surface area contributed by atoms with Crippen LogP contribution in [-0.4, -0.2) is 30.9 Å². The number of benzene rings is 1. The van der Waals surface area contributed by atoms with Crippen molar-refractivity contribution in [2.45, 2.75) is 0 Å². The van der Waals surface area contributed by atoms with Crippen molar-refractivity contribution < 1.29 is 14.4 Å². The van der Waals surface area contributed by atoms with Gasteiger partial charge in [0, 0.05) is 0 Å². The van der Waals surface area contributed by atoms with Crippen LogP contribution in [0, 0.1) is 0 Å². The molecular weight excluding hydrogens is 182 g/mol. The molecule has 1 heterocycles. The maximum atomic E-state index is 11.5. The Hall–Kier alpha value is -1.39. The molecule has 0 bridgehead atoms. The average molecular weight is 193 g/mol. The lowest BCUT2D eigenvalue weighted by molar-refractivity contribution is -0.114. The van der Waals surface area contributed by atoms with Gasteiger partial charge in [0.15, 0.2) is 0 Å². The Kier molecular flexibility index (Phi) is 2.76. The number of hydrogen-bond acceptors (Lipinski definition) is 4. The molecular formula is C10H11NO3. The summed E-state index contributed by atoms with van der Waals surface area (Å²) in [6, 6.07) is 8.91. The number of carbonyl (C=O) groups is 1. The Morgan fingerprint density at radius 2 is 2.14 bits per heavy atom. The van der Waals surface area contributed by atoms with Crippen LogP contribution in [0.1, 0.15) is 10.4 Å². The molecule has 4 nitrogen and oxygen atoms in total. The molecule has 0 amide bonds. The van der Waals surface area contributed by atoms with Crippen LogP contribution in [0.5, 0.6) is 0 Å². The zero-order valence-corrected chi connectivity index (χ0v) is 7.68. The van der Waals surface area contributed by atoms with Gasteiger partial charge >= 0.3 is 5.97 Å². The number of hydroxylamine groups is 2. The van der Waals surface area contributed by atoms with E-state index in [9.17, 15) is 4.79 Å². The lowest BCUT2D eigenvalue weighted by Gasteiger charge is -2.12. The van der Waals surface area contributed by atoms with E-state index in [1.54, 1.807) is 24.3 Å². The third-order valence-corrected chi connectivity index (χ3v) is 1.94. The molecule has 1 fully saturated rings. The summed E-state index contributed by atoms with van der Waals surface area (Å²) in [6.45, 7) is 1.61. The molecule has 0 radical (unpaired) electrons. The standard InChI is InChI=1S/C10H11NO3/c12-10(9-4-2-1-3-5-9)14-11-6-7-13-8-11/h1-5H,6-8H2. The number of ether oxygens (including phenoxy) is 1. The Bertz CT molecular complexity index is 306. The van der Waals surface area contributed by atoms with E-state index in [2.05, 4.69) is 0 Å². The molecule has 0 spiro atoms. The molecule has 0 N–H and O–H groups in total. The van der Waals surface area contributed by atoms with Crippen LogP contribution in [0.15, 0.2) is 30.3 Å². The van der Waals surface area contributed by atoms with E-state index >= 15 is 0 Å². The molecule has 14 heavy (non-hydrogen) atoms. The minimum Gasteiger partial charge on any atom is -0.361 e. The number of rotatable bonds is 2. The molecule has 1 aliphatic heterocycles. The Morgan fingerprint density at radius 3 is 2.79 bits per heavy atom. The van der Waals surface area contributed by atoms with Crippen molar-refractivity contribution >= 4 is 5.97 Å². The zero-order chi connectivity index (χ0) is 9.80. The molecule has 4 heteroatoms. The van der Waals surface area contributed by atoms with Gasteiger partial charge in [0.25, 0.3) is 0 Å². The van der Waals surface area contributed by atoms with E-state index in [0.717, 1.165) is 0 Å². The predicted octanol–water partition coefficient (Wildman–Crippen LogP) is 1.05. The Morgan fingerprint density at radius 1 is 1.36 bits per heavy atom. The molecule has 1 aromatic rings. The molecule has 0 unspecified atom stereocenters. The lowest BCUT2D eigenvalue weighted by Crippen LogP contribution is -2.24. The first-order chi connectivity index (χ1) is 6.86. The van der Waals surface area contributed by atoms with E-state index in [4.69, 9.17) is 9.57 Å². The van der Waals surface area contributed by atoms with Crippen molar-refractivity contribution in [3.8, 4) is 0 Å². The van der Waals surface area contributed by atoms with Crippen LogP contribution in [0.3, 0.4) is 0 Å². The second kappa shape index (κ2) is 4.21. The SMILES string of the molecule is O=C(ON1CCOC1)c1ccccc1. The fraction of sp³-hybridized carbons (Fsp3) is 0.300. The Labute approximate surface area is 82.0 Å². The van der Waals surface area contributed by atoms with E-state index in [1.807, 2.05) is 6.07 Å². The minimum absolute atomic E-state index is 0.337. The highest BCUT2D eigenvalue weighted by atomic mass is 16.7. The lowest BCUT2D eigenvalue weighted by atomic mass is 10.2. The van der Waals surface area contributed by atoms with Crippen LogP contribution in [0.25, 0.3) is 0 Å². The van der Waals surface area contributed by atoms with Crippen molar-refractivity contribution in [3.63, 3.8) is 0 Å². The van der Waals surface area contributed by atoms with E-state index in [-0.39, 0.29) is 5.97 Å². The number of nitrogens with zero attached hydrogens (tertiary/aromatic N) is 1. The van der Waals surface area contributed by atoms with Gasteiger partial charge in [0.05, 0.1) is 18.7 Å². The van der Waals surface area contributed by atoms with Gasteiger partial charge in [-0.05, 0) is 12.1 Å². The van der Waals surface area contributed by atoms with Crippen molar-refractivity contribution in [1.29, 1.82) is 0 Å². The van der Waals surface area contributed by atoms with E-state index in [0.29, 0.717) is 25.4 Å². The van der Waals surface area contributed by atoms with Crippen molar-refractivity contribution in [2.75, 3.05) is 19.9 Å². The molecule has 0 saturated carbocycles. The fourth-order valence-corrected chi connectivity index (χ4v) is 1.21. The van der Waals surface area contributed by atoms with Crippen LogP contribution in [0.2, 0.25) is 0 Å². The highest BCUT2D eigenvalue weighted by Gasteiger charge is 2.17. The highest BCUT2D eigenvalue weighted by Crippen LogP contribution is 2.05. The molecule has 1 aromatic carbocycles. The molecule has 0 atom stereocenters. The maximum Gasteiger partial charge on any atom is 0.357 e. The summed E-state index contributed by atoms with van der Waals surface area (Å²) in [5.74, 6) is -0.337. The molecule has 74 valence electrons. The summed E-state index contributed by atoms with van der Waals surface area (Å²) in [7, 11) is 0. The van der Waals surface area contributed by atoms with Crippen LogP contribution >= 0.6 is 0 Å². The second-order valence-electron chi connectivity index (χ2n) is 2.99. The molecule has 0 aromatic heterocycles. The summed E-state index contributed by atoms with van der Waals surface area (Å²) < 4.78 is 5.04. The van der Waals surface area contributed by atoms with Gasteiger partial charge in [0.1, 0.15) is 6.73 Å². The highest BCUT2D eigenvalue weighted by molar-refractivity contribution is 5.89. The van der Waals surface area contributed by atoms with Gasteiger partial charge in [-0.1, -0.05) is 18.2 Å². The summed E-state index contributed by atoms with van der Waals surface area (Å²) in [6.07, 6.45) is 0. The number of hydrogen-bond donors (Lipinski definition) is 0. The first kappa shape index (κ1) is 9.18. The van der Waals surface area contributed by atoms with E-state index < -0.39 is 0 Å². The third kappa shape index (κ3) is 2.10.